The number of nitrogens with two attached hydrogens (primary N) is 1. The van der Waals surface area contributed by atoms with Crippen molar-refractivity contribution in [2.45, 2.75) is 26.9 Å². The number of hydrogen-bond acceptors (Lipinski definition) is 8. The van der Waals surface area contributed by atoms with Crippen LogP contribution in [0.15, 0.2) is 24.3 Å². The summed E-state index contributed by atoms with van der Waals surface area (Å²) in [6.07, 6.45) is -1.02. The van der Waals surface area contributed by atoms with Crippen molar-refractivity contribution >= 4 is 44.8 Å². The molecule has 9 heteroatoms. The number of benzene rings is 1. The molecule has 0 spiro atoms. The number of rotatable bonds is 4. The number of nitrogen functional groups attached to an aromatic ring is 1. The van der Waals surface area contributed by atoms with Crippen LogP contribution in [0.2, 0.25) is 0 Å². The lowest BCUT2D eigenvalue weighted by atomic mass is 10.1. The number of ether oxygens (including phenoxy) is 3. The molecule has 1 aliphatic heterocycles. The van der Waals surface area contributed by atoms with Crippen LogP contribution >= 0.6 is 11.3 Å². The van der Waals surface area contributed by atoms with Crippen molar-refractivity contribution in [3.63, 3.8) is 0 Å². The molecule has 3 N–H and O–H groups in total. The fourth-order valence-corrected chi connectivity index (χ4v) is 4.21. The van der Waals surface area contributed by atoms with Crippen molar-refractivity contribution in [3.05, 3.63) is 40.4 Å². The Morgan fingerprint density at radius 3 is 2.79 bits per heavy atom. The SMILES string of the molecule is Cc1cc(C)c2c(N)c(C(=O)O[C@H](C)C(=O)Nc3ccc4c(c3)OCO4)sc2n1. The second-order valence-corrected chi connectivity index (χ2v) is 7.71. The van der Waals surface area contributed by atoms with Gasteiger partial charge in [-0.25, -0.2) is 9.78 Å². The number of carbonyl (C=O) groups excluding carboxylic acids is 2. The first-order valence-corrected chi connectivity index (χ1v) is 9.73. The summed E-state index contributed by atoms with van der Waals surface area (Å²) in [7, 11) is 0. The molecular formula is C20H19N3O5S. The minimum atomic E-state index is -1.02. The predicted octanol–water partition coefficient (Wildman–Crippen LogP) is 3.41. The molecule has 0 radical (unpaired) electrons. The third kappa shape index (κ3) is 3.56. The summed E-state index contributed by atoms with van der Waals surface area (Å²) in [6, 6.07) is 6.93. The van der Waals surface area contributed by atoms with Crippen molar-refractivity contribution in [1.29, 1.82) is 0 Å². The fourth-order valence-electron chi connectivity index (χ4n) is 3.11. The van der Waals surface area contributed by atoms with Gasteiger partial charge >= 0.3 is 5.97 Å². The lowest BCUT2D eigenvalue weighted by Gasteiger charge is -2.13. The molecule has 8 nitrogen and oxygen atoms in total. The van der Waals surface area contributed by atoms with E-state index in [4.69, 9.17) is 19.9 Å². The molecular weight excluding hydrogens is 394 g/mol. The second kappa shape index (κ2) is 7.25. The Morgan fingerprint density at radius 2 is 2.00 bits per heavy atom. The van der Waals surface area contributed by atoms with Crippen LogP contribution in [0.4, 0.5) is 11.4 Å². The number of nitrogens with zero attached hydrogens (tertiary/aromatic N) is 1. The van der Waals surface area contributed by atoms with Crippen LogP contribution in [-0.4, -0.2) is 29.8 Å². The van der Waals surface area contributed by atoms with Gasteiger partial charge in [0, 0.05) is 22.8 Å². The highest BCUT2D eigenvalue weighted by Gasteiger charge is 2.25. The Hall–Kier alpha value is -3.33. The molecule has 1 aromatic carbocycles. The minimum absolute atomic E-state index is 0.144. The van der Waals surface area contributed by atoms with Gasteiger partial charge < -0.3 is 25.3 Å². The Morgan fingerprint density at radius 1 is 1.24 bits per heavy atom. The zero-order valence-corrected chi connectivity index (χ0v) is 16.9. The van der Waals surface area contributed by atoms with Crippen molar-refractivity contribution in [1.82, 2.24) is 4.98 Å². The number of aryl methyl sites for hydroxylation is 2. The van der Waals surface area contributed by atoms with Gasteiger partial charge in [-0.1, -0.05) is 0 Å². The number of aromatic nitrogens is 1. The number of hydrogen-bond donors (Lipinski definition) is 2. The van der Waals surface area contributed by atoms with Crippen LogP contribution in [0.1, 0.15) is 27.9 Å². The smallest absolute Gasteiger partial charge is 0.351 e. The normalized spacial score (nSPS) is 13.3. The summed E-state index contributed by atoms with van der Waals surface area (Å²) in [4.78, 5) is 30.4. The number of carbonyl (C=O) groups is 2. The largest absolute Gasteiger partial charge is 0.454 e. The standard InChI is InChI=1S/C20H19N3O5S/c1-9-6-10(2)22-19-15(9)16(21)17(29-19)20(25)28-11(3)18(24)23-12-4-5-13-14(7-12)27-8-26-13/h4-7,11H,8,21H2,1-3H3,(H,23,24)/t11-/m1/s1. The van der Waals surface area contributed by atoms with Gasteiger partial charge in [-0.2, -0.15) is 0 Å². The lowest BCUT2D eigenvalue weighted by molar-refractivity contribution is -0.123. The summed E-state index contributed by atoms with van der Waals surface area (Å²) in [5, 5.41) is 3.43. The van der Waals surface area contributed by atoms with Crippen LogP contribution in [-0.2, 0) is 9.53 Å². The van der Waals surface area contributed by atoms with Crippen LogP contribution in [0.3, 0.4) is 0 Å². The first-order chi connectivity index (χ1) is 13.8. The van der Waals surface area contributed by atoms with E-state index < -0.39 is 18.0 Å². The molecule has 0 fully saturated rings. The highest BCUT2D eigenvalue weighted by molar-refractivity contribution is 7.21. The molecule has 1 atom stereocenters. The summed E-state index contributed by atoms with van der Waals surface area (Å²) in [6.45, 7) is 5.43. The summed E-state index contributed by atoms with van der Waals surface area (Å²) < 4.78 is 15.9. The molecule has 0 aliphatic carbocycles. The van der Waals surface area contributed by atoms with Crippen LogP contribution in [0.5, 0.6) is 11.5 Å². The molecule has 0 saturated carbocycles. The summed E-state index contributed by atoms with van der Waals surface area (Å²) >= 11 is 1.16. The molecule has 0 saturated heterocycles. The maximum atomic E-state index is 12.6. The topological polar surface area (TPSA) is 113 Å². The van der Waals surface area contributed by atoms with Crippen molar-refractivity contribution in [2.24, 2.45) is 0 Å². The highest BCUT2D eigenvalue weighted by Crippen LogP contribution is 2.36. The van der Waals surface area contributed by atoms with Gasteiger partial charge in [0.15, 0.2) is 17.6 Å². The highest BCUT2D eigenvalue weighted by atomic mass is 32.1. The molecule has 29 heavy (non-hydrogen) atoms. The van der Waals surface area contributed by atoms with Gasteiger partial charge in [-0.3, -0.25) is 4.79 Å². The molecule has 0 unspecified atom stereocenters. The molecule has 3 aromatic rings. The van der Waals surface area contributed by atoms with Gasteiger partial charge in [0.25, 0.3) is 5.91 Å². The molecule has 0 bridgehead atoms. The summed E-state index contributed by atoms with van der Waals surface area (Å²) in [5.41, 5.74) is 8.78. The van der Waals surface area contributed by atoms with E-state index in [0.29, 0.717) is 27.7 Å². The number of amides is 1. The van der Waals surface area contributed by atoms with E-state index in [1.165, 1.54) is 6.92 Å². The average Bonchev–Trinajstić information content (AvgIpc) is 3.25. The van der Waals surface area contributed by atoms with E-state index in [0.717, 1.165) is 28.0 Å². The fraction of sp³-hybridized carbons (Fsp3) is 0.250. The third-order valence-corrected chi connectivity index (χ3v) is 5.58. The van der Waals surface area contributed by atoms with Crippen molar-refractivity contribution in [2.75, 3.05) is 17.8 Å². The molecule has 4 rings (SSSR count). The minimum Gasteiger partial charge on any atom is -0.454 e. The Kier molecular flexibility index (Phi) is 4.75. The number of nitrogens with one attached hydrogen (secondary N) is 1. The number of pyridine rings is 1. The van der Waals surface area contributed by atoms with E-state index in [1.807, 2.05) is 19.9 Å². The first kappa shape index (κ1) is 19.0. The van der Waals surface area contributed by atoms with Crippen molar-refractivity contribution in [3.8, 4) is 11.5 Å². The lowest BCUT2D eigenvalue weighted by Crippen LogP contribution is -2.29. The Labute approximate surface area is 170 Å². The quantitative estimate of drug-likeness (QED) is 0.630. The molecule has 1 amide bonds. The number of fused-ring (bicyclic) bond motifs is 2. The van der Waals surface area contributed by atoms with E-state index in [1.54, 1.807) is 18.2 Å². The van der Waals surface area contributed by atoms with E-state index in [2.05, 4.69) is 10.3 Å². The van der Waals surface area contributed by atoms with Gasteiger partial charge in [0.05, 0.1) is 5.69 Å². The average molecular weight is 413 g/mol. The maximum Gasteiger partial charge on any atom is 0.351 e. The van der Waals surface area contributed by atoms with Crippen LogP contribution in [0.25, 0.3) is 10.2 Å². The third-order valence-electron chi connectivity index (χ3n) is 4.50. The van der Waals surface area contributed by atoms with E-state index >= 15 is 0 Å². The van der Waals surface area contributed by atoms with Gasteiger partial charge in [-0.05, 0) is 44.5 Å². The monoisotopic (exact) mass is 413 g/mol. The molecule has 2 aromatic heterocycles. The Balaban J connectivity index is 1.48. The number of thiophene rings is 1. The van der Waals surface area contributed by atoms with E-state index in [-0.39, 0.29) is 11.7 Å². The number of anilines is 2. The van der Waals surface area contributed by atoms with Crippen LogP contribution in [0, 0.1) is 13.8 Å². The first-order valence-electron chi connectivity index (χ1n) is 8.91. The van der Waals surface area contributed by atoms with Gasteiger partial charge in [0.1, 0.15) is 9.71 Å². The number of esters is 1. The van der Waals surface area contributed by atoms with Crippen molar-refractivity contribution < 1.29 is 23.8 Å². The molecule has 150 valence electrons. The van der Waals surface area contributed by atoms with E-state index in [9.17, 15) is 9.59 Å². The zero-order valence-electron chi connectivity index (χ0n) is 16.1. The molecule has 1 aliphatic rings. The predicted molar refractivity (Wildman–Crippen MR) is 110 cm³/mol. The van der Waals surface area contributed by atoms with Gasteiger partial charge in [0.2, 0.25) is 6.79 Å². The van der Waals surface area contributed by atoms with Gasteiger partial charge in [-0.15, -0.1) is 11.3 Å². The second-order valence-electron chi connectivity index (χ2n) is 6.71. The van der Waals surface area contributed by atoms with Crippen LogP contribution < -0.4 is 20.5 Å². The maximum absolute atomic E-state index is 12.6. The zero-order chi connectivity index (χ0) is 20.7. The Bertz CT molecular complexity index is 1140. The summed E-state index contributed by atoms with van der Waals surface area (Å²) in [5.74, 6) is 0.0310. The molecule has 3 heterocycles.